The standard InChI is InChI=1S/C35H56O7/c1-10-32(7)39-25-19-23-24(36)18-22-21(30(23,5)20-26(25)40-32)12-16-31(6)27(13-17-35(22,31)38)34(9)28(14-15-29(3,4)37)41-33(8,11-2)42-34/h18,21,23,25-28,37-38H,10-17,19-20H2,1-9H3/t21?,23-,25+,26-,27?,28?,30+,31+,32?,33?,34+,35+/m0/s1. The van der Waals surface area contributed by atoms with E-state index in [2.05, 4.69) is 34.6 Å². The van der Waals surface area contributed by atoms with Crippen molar-refractivity contribution in [2.45, 2.75) is 173 Å². The molecule has 0 amide bonds. The summed E-state index contributed by atoms with van der Waals surface area (Å²) in [5.41, 5.74) is -2.28. The lowest BCUT2D eigenvalue weighted by molar-refractivity contribution is -0.200. The van der Waals surface area contributed by atoms with Crippen molar-refractivity contribution in [3.63, 3.8) is 0 Å². The number of ketones is 1. The highest BCUT2D eigenvalue weighted by Gasteiger charge is 2.72. The van der Waals surface area contributed by atoms with Gasteiger partial charge < -0.3 is 29.2 Å². The van der Waals surface area contributed by atoms with Gasteiger partial charge in [0.1, 0.15) is 0 Å². The molecule has 0 aromatic carbocycles. The van der Waals surface area contributed by atoms with Crippen LogP contribution in [0.5, 0.6) is 0 Å². The number of aliphatic hydroxyl groups is 2. The van der Waals surface area contributed by atoms with E-state index in [1.54, 1.807) is 0 Å². The van der Waals surface area contributed by atoms with Crippen LogP contribution in [0.2, 0.25) is 0 Å². The first-order valence-electron chi connectivity index (χ1n) is 16.8. The molecule has 0 bridgehead atoms. The maximum Gasteiger partial charge on any atom is 0.166 e. The van der Waals surface area contributed by atoms with Crippen LogP contribution >= 0.6 is 0 Å². The Hall–Kier alpha value is -0.830. The molecule has 2 aliphatic heterocycles. The van der Waals surface area contributed by atoms with Gasteiger partial charge in [-0.15, -0.1) is 0 Å². The van der Waals surface area contributed by atoms with E-state index in [-0.39, 0.29) is 47.3 Å². The van der Waals surface area contributed by atoms with Gasteiger partial charge in [0.15, 0.2) is 17.4 Å². The highest BCUT2D eigenvalue weighted by atomic mass is 16.8. The smallest absolute Gasteiger partial charge is 0.166 e. The molecule has 42 heavy (non-hydrogen) atoms. The first-order chi connectivity index (χ1) is 19.4. The molecule has 0 aromatic heterocycles. The predicted molar refractivity (Wildman–Crippen MR) is 159 cm³/mol. The summed E-state index contributed by atoms with van der Waals surface area (Å²) in [5, 5.41) is 23.4. The zero-order chi connectivity index (χ0) is 30.7. The third kappa shape index (κ3) is 4.38. The normalized spacial score (nSPS) is 53.8. The van der Waals surface area contributed by atoms with E-state index in [9.17, 15) is 15.0 Å². The molecular weight excluding hydrogens is 532 g/mol. The minimum Gasteiger partial charge on any atom is -0.390 e. The van der Waals surface area contributed by atoms with E-state index in [1.165, 1.54) is 0 Å². The molecule has 5 unspecified atom stereocenters. The molecule has 7 heteroatoms. The number of fused-ring (bicyclic) bond motifs is 6. The summed E-state index contributed by atoms with van der Waals surface area (Å²) in [4.78, 5) is 13.9. The van der Waals surface area contributed by atoms with Gasteiger partial charge in [-0.05, 0) is 128 Å². The van der Waals surface area contributed by atoms with Gasteiger partial charge in [-0.1, -0.05) is 27.7 Å². The fourth-order valence-electron chi connectivity index (χ4n) is 10.6. The van der Waals surface area contributed by atoms with Crippen molar-refractivity contribution in [3.05, 3.63) is 11.6 Å². The molecule has 238 valence electrons. The number of ether oxygens (including phenoxy) is 4. The molecule has 4 aliphatic carbocycles. The minimum absolute atomic E-state index is 0.0196. The summed E-state index contributed by atoms with van der Waals surface area (Å²) in [6, 6.07) is 0. The monoisotopic (exact) mass is 588 g/mol. The van der Waals surface area contributed by atoms with Gasteiger partial charge >= 0.3 is 0 Å². The molecule has 7 nitrogen and oxygen atoms in total. The maximum atomic E-state index is 13.9. The molecular formula is C35H56O7. The van der Waals surface area contributed by atoms with Crippen molar-refractivity contribution < 1.29 is 34.0 Å². The lowest BCUT2D eigenvalue weighted by Crippen LogP contribution is -2.62. The summed E-state index contributed by atoms with van der Waals surface area (Å²) in [6.07, 6.45) is 9.08. The largest absolute Gasteiger partial charge is 0.390 e. The quantitative estimate of drug-likeness (QED) is 0.380. The fraction of sp³-hybridized carbons (Fsp3) is 0.914. The van der Waals surface area contributed by atoms with Gasteiger partial charge in [-0.25, -0.2) is 0 Å². The highest BCUT2D eigenvalue weighted by Crippen LogP contribution is 2.70. The van der Waals surface area contributed by atoms with E-state index in [0.29, 0.717) is 25.7 Å². The minimum atomic E-state index is -1.08. The Morgan fingerprint density at radius 1 is 0.929 bits per heavy atom. The molecule has 6 aliphatic rings. The summed E-state index contributed by atoms with van der Waals surface area (Å²) in [6.45, 7) is 18.6. The molecule has 0 radical (unpaired) electrons. The van der Waals surface area contributed by atoms with E-state index in [4.69, 9.17) is 18.9 Å². The van der Waals surface area contributed by atoms with Crippen LogP contribution < -0.4 is 0 Å². The summed E-state index contributed by atoms with van der Waals surface area (Å²) >= 11 is 0. The maximum absolute atomic E-state index is 13.9. The van der Waals surface area contributed by atoms with Crippen molar-refractivity contribution in [1.29, 1.82) is 0 Å². The molecule has 12 atom stereocenters. The van der Waals surface area contributed by atoms with Crippen molar-refractivity contribution in [1.82, 2.24) is 0 Å². The molecule has 2 heterocycles. The summed E-state index contributed by atoms with van der Waals surface area (Å²) < 4.78 is 26.4. The molecule has 3 saturated carbocycles. The molecule has 0 aromatic rings. The second kappa shape index (κ2) is 9.59. The van der Waals surface area contributed by atoms with E-state index >= 15 is 0 Å². The first-order valence-corrected chi connectivity index (χ1v) is 16.8. The average molecular weight is 589 g/mol. The Kier molecular flexibility index (Phi) is 7.12. The molecule has 2 N–H and O–H groups in total. The van der Waals surface area contributed by atoms with Crippen LogP contribution in [0.3, 0.4) is 0 Å². The first kappa shape index (κ1) is 31.2. The van der Waals surface area contributed by atoms with Crippen molar-refractivity contribution in [2.75, 3.05) is 0 Å². The van der Waals surface area contributed by atoms with E-state index in [1.807, 2.05) is 33.8 Å². The predicted octanol–water partition coefficient (Wildman–Crippen LogP) is 6.23. The third-order valence-corrected chi connectivity index (χ3v) is 13.3. The van der Waals surface area contributed by atoms with Crippen molar-refractivity contribution >= 4 is 5.78 Å². The highest BCUT2D eigenvalue weighted by molar-refractivity contribution is 5.95. The van der Waals surface area contributed by atoms with Crippen LogP contribution in [0.4, 0.5) is 0 Å². The van der Waals surface area contributed by atoms with Crippen LogP contribution in [-0.4, -0.2) is 62.7 Å². The lowest BCUT2D eigenvalue weighted by atomic mass is 9.45. The molecule has 5 fully saturated rings. The number of allylic oxidation sites excluding steroid dienone is 1. The Bertz CT molecular complexity index is 1140. The molecule has 0 spiro atoms. The Morgan fingerprint density at radius 2 is 1.60 bits per heavy atom. The van der Waals surface area contributed by atoms with Crippen LogP contribution in [0.15, 0.2) is 11.6 Å². The summed E-state index contributed by atoms with van der Waals surface area (Å²) in [7, 11) is 0. The summed E-state index contributed by atoms with van der Waals surface area (Å²) in [5.74, 6) is -1.08. The van der Waals surface area contributed by atoms with Gasteiger partial charge in [0.2, 0.25) is 0 Å². The zero-order valence-electron chi connectivity index (χ0n) is 27.5. The Balaban J connectivity index is 1.33. The number of carbonyl (C=O) groups excluding carboxylic acids is 1. The van der Waals surface area contributed by atoms with Crippen LogP contribution in [0.1, 0.15) is 127 Å². The number of carbonyl (C=O) groups is 1. The number of hydrogen-bond acceptors (Lipinski definition) is 7. The average Bonchev–Trinajstić information content (AvgIpc) is 3.47. The van der Waals surface area contributed by atoms with Gasteiger partial charge in [-0.2, -0.15) is 0 Å². The van der Waals surface area contributed by atoms with Crippen LogP contribution in [-0.2, 0) is 23.7 Å². The van der Waals surface area contributed by atoms with Crippen molar-refractivity contribution in [3.8, 4) is 0 Å². The molecule has 6 rings (SSSR count). The topological polar surface area (TPSA) is 94.5 Å². The van der Waals surface area contributed by atoms with Crippen LogP contribution in [0.25, 0.3) is 0 Å². The number of rotatable bonds is 6. The van der Waals surface area contributed by atoms with Crippen LogP contribution in [0, 0.1) is 28.6 Å². The Morgan fingerprint density at radius 3 is 2.24 bits per heavy atom. The van der Waals surface area contributed by atoms with Gasteiger partial charge in [0.25, 0.3) is 0 Å². The fourth-order valence-corrected chi connectivity index (χ4v) is 10.6. The van der Waals surface area contributed by atoms with Gasteiger partial charge in [0, 0.05) is 11.3 Å². The Labute approximate surface area is 253 Å². The zero-order valence-corrected chi connectivity index (χ0v) is 27.5. The second-order valence-corrected chi connectivity index (χ2v) is 16.5. The lowest BCUT2D eigenvalue weighted by Gasteiger charge is -2.60. The SMILES string of the molecule is CCC1(C)O[C@H]2C[C@]3(C)C4CC[C@]5(C)C([C@@]6(C)OC(C)(CC)OC6CCC(C)(C)O)CC[C@@]5(O)C4=CC(=O)[C@@H]3C[C@H]2O1. The van der Waals surface area contributed by atoms with E-state index < -0.39 is 33.8 Å². The number of hydrogen-bond donors (Lipinski definition) is 2. The van der Waals surface area contributed by atoms with E-state index in [0.717, 1.165) is 44.1 Å². The van der Waals surface area contributed by atoms with Gasteiger partial charge in [0.05, 0.1) is 35.1 Å². The third-order valence-electron chi connectivity index (χ3n) is 13.3. The van der Waals surface area contributed by atoms with Gasteiger partial charge in [-0.3, -0.25) is 4.79 Å². The second-order valence-electron chi connectivity index (χ2n) is 16.5. The molecule has 2 saturated heterocycles. The van der Waals surface area contributed by atoms with Crippen molar-refractivity contribution in [2.24, 2.45) is 28.6 Å².